The molecule has 0 aromatic carbocycles. The van der Waals surface area contributed by atoms with Crippen molar-refractivity contribution in [3.05, 3.63) is 0 Å². The summed E-state index contributed by atoms with van der Waals surface area (Å²) < 4.78 is 2.90. The molecule has 66 valence electrons. The minimum absolute atomic E-state index is 0.166. The fourth-order valence-corrected chi connectivity index (χ4v) is 9.57. The molecule has 0 aromatic heterocycles. The zero-order valence-electron chi connectivity index (χ0n) is 8.35. The van der Waals surface area contributed by atoms with E-state index in [1.165, 1.54) is 0 Å². The third-order valence-electron chi connectivity index (χ3n) is 2.66. The highest BCUT2D eigenvalue weighted by Gasteiger charge is 2.28. The first-order valence-corrected chi connectivity index (χ1v) is 8.90. The van der Waals surface area contributed by atoms with Crippen LogP contribution in [0.3, 0.4) is 0 Å². The van der Waals surface area contributed by atoms with Crippen LogP contribution in [0.25, 0.3) is 0 Å². The third kappa shape index (κ3) is 2.42. The molecule has 1 aliphatic rings. The zero-order chi connectivity index (χ0) is 8.48. The van der Waals surface area contributed by atoms with Crippen molar-refractivity contribution >= 4 is 18.6 Å². The molecule has 0 saturated carbocycles. The molecule has 0 spiro atoms. The molecule has 0 aromatic rings. The minimum Gasteiger partial charge on any atom is -0.348 e. The Balaban J connectivity index is 2.55. The Labute approximate surface area is 74.8 Å². The Morgan fingerprint density at radius 1 is 1.36 bits per heavy atom. The van der Waals surface area contributed by atoms with Crippen LogP contribution >= 0.6 is 0 Å². The molecule has 0 radical (unpaired) electrons. The molecule has 11 heavy (non-hydrogen) atoms. The van der Waals surface area contributed by atoms with Gasteiger partial charge >= 0.3 is 0 Å². The summed E-state index contributed by atoms with van der Waals surface area (Å²) in [5.74, 6) is 0. The lowest BCUT2D eigenvalue weighted by molar-refractivity contribution is 0.362. The second-order valence-corrected chi connectivity index (χ2v) is 10.2. The van der Waals surface area contributed by atoms with Gasteiger partial charge in [-0.15, -0.1) is 0 Å². The van der Waals surface area contributed by atoms with Crippen LogP contribution < -0.4 is 0 Å². The van der Waals surface area contributed by atoms with Gasteiger partial charge in [-0.3, -0.25) is 0 Å². The molecule has 1 nitrogen and oxygen atoms in total. The second kappa shape index (κ2) is 3.41. The Morgan fingerprint density at radius 3 is 2.36 bits per heavy atom. The standard InChI is InChI=1S/C8H21NSi2/c1-8(2,3)9-10-6-5-7-11(9)4/h11H,5-7,10H2,1-4H3. The molecule has 1 unspecified atom stereocenters. The molecule has 3 heteroatoms. The molecule has 1 saturated heterocycles. The van der Waals surface area contributed by atoms with Gasteiger partial charge in [0.15, 0.2) is 0 Å². The van der Waals surface area contributed by atoms with Gasteiger partial charge in [0, 0.05) is 0 Å². The predicted octanol–water partition coefficient (Wildman–Crippen LogP) is 1.35. The van der Waals surface area contributed by atoms with Crippen molar-refractivity contribution in [1.29, 1.82) is 0 Å². The maximum Gasteiger partial charge on any atom is 0.101 e. The summed E-state index contributed by atoms with van der Waals surface area (Å²) in [7, 11) is -0.274. The van der Waals surface area contributed by atoms with Crippen LogP contribution in [0.5, 0.6) is 0 Å². The van der Waals surface area contributed by atoms with E-state index in [0.29, 0.717) is 5.54 Å². The minimum atomic E-state index is -0.439. The monoisotopic (exact) mass is 187 g/mol. The average Bonchev–Trinajstić information content (AvgIpc) is 1.86. The Kier molecular flexibility index (Phi) is 2.94. The third-order valence-corrected chi connectivity index (χ3v) is 10.6. The maximum atomic E-state index is 2.90. The van der Waals surface area contributed by atoms with E-state index in [2.05, 4.69) is 31.5 Å². The highest BCUT2D eigenvalue weighted by Crippen LogP contribution is 2.22. The highest BCUT2D eigenvalue weighted by atomic mass is 28.3. The lowest BCUT2D eigenvalue weighted by atomic mass is 10.1. The summed E-state index contributed by atoms with van der Waals surface area (Å²) >= 11 is 0. The van der Waals surface area contributed by atoms with Gasteiger partial charge in [-0.2, -0.15) is 0 Å². The number of rotatable bonds is 0. The molecule has 1 atom stereocenters. The molecule has 0 bridgehead atoms. The lowest BCUT2D eigenvalue weighted by Gasteiger charge is -2.43. The van der Waals surface area contributed by atoms with Crippen molar-refractivity contribution in [2.45, 2.75) is 51.4 Å². The number of hydrogen-bond donors (Lipinski definition) is 0. The quantitative estimate of drug-likeness (QED) is 0.518. The Hall–Kier alpha value is 0.394. The molecule has 1 aliphatic heterocycles. The highest BCUT2D eigenvalue weighted by molar-refractivity contribution is 6.65. The van der Waals surface area contributed by atoms with Crippen LogP contribution in [-0.2, 0) is 0 Å². The Morgan fingerprint density at radius 2 is 2.00 bits per heavy atom. The number of nitrogens with zero attached hydrogens (tertiary/aromatic N) is 1. The van der Waals surface area contributed by atoms with Gasteiger partial charge in [-0.25, -0.2) is 0 Å². The van der Waals surface area contributed by atoms with Gasteiger partial charge in [0.25, 0.3) is 0 Å². The van der Waals surface area contributed by atoms with E-state index in [1.807, 2.05) is 0 Å². The van der Waals surface area contributed by atoms with Crippen molar-refractivity contribution in [3.8, 4) is 0 Å². The normalized spacial score (nSPS) is 31.1. The summed E-state index contributed by atoms with van der Waals surface area (Å²) in [6.07, 6.45) is 1.55. The van der Waals surface area contributed by atoms with Crippen molar-refractivity contribution < 1.29 is 0 Å². The van der Waals surface area contributed by atoms with Crippen molar-refractivity contribution in [1.82, 2.24) is 4.23 Å². The average molecular weight is 187 g/mol. The van der Waals surface area contributed by atoms with Crippen LogP contribution in [0.15, 0.2) is 0 Å². The van der Waals surface area contributed by atoms with Crippen LogP contribution in [0.2, 0.25) is 18.6 Å². The first kappa shape index (κ1) is 9.48. The van der Waals surface area contributed by atoms with E-state index in [-0.39, 0.29) is 9.68 Å². The van der Waals surface area contributed by atoms with Gasteiger partial charge in [-0.05, 0) is 32.4 Å². The van der Waals surface area contributed by atoms with E-state index in [1.54, 1.807) is 18.5 Å². The van der Waals surface area contributed by atoms with Crippen LogP contribution in [0.1, 0.15) is 27.2 Å². The second-order valence-electron chi connectivity index (χ2n) is 4.71. The largest absolute Gasteiger partial charge is 0.348 e. The van der Waals surface area contributed by atoms with E-state index in [9.17, 15) is 0 Å². The van der Waals surface area contributed by atoms with Gasteiger partial charge < -0.3 is 4.23 Å². The van der Waals surface area contributed by atoms with E-state index in [0.717, 1.165) is 0 Å². The summed E-state index contributed by atoms with van der Waals surface area (Å²) in [5, 5.41) is 0. The fraction of sp³-hybridized carbons (Fsp3) is 1.00. The van der Waals surface area contributed by atoms with Gasteiger partial charge in [0.05, 0.1) is 9.68 Å². The van der Waals surface area contributed by atoms with Crippen molar-refractivity contribution in [2.75, 3.05) is 0 Å². The summed E-state index contributed by atoms with van der Waals surface area (Å²) in [6.45, 7) is 9.68. The maximum absolute atomic E-state index is 2.90. The Bertz CT molecular complexity index is 131. The van der Waals surface area contributed by atoms with Crippen LogP contribution in [0, 0.1) is 0 Å². The fourth-order valence-electron chi connectivity index (χ4n) is 2.09. The number of hydrogen-bond acceptors (Lipinski definition) is 1. The SMILES string of the molecule is C[SiH]1CCC[SiH2]N1C(C)(C)C. The van der Waals surface area contributed by atoms with Crippen LogP contribution in [-0.4, -0.2) is 28.4 Å². The first-order valence-electron chi connectivity index (χ1n) is 4.78. The molecule has 0 aliphatic carbocycles. The van der Waals surface area contributed by atoms with Gasteiger partial charge in [0.1, 0.15) is 8.96 Å². The van der Waals surface area contributed by atoms with Crippen molar-refractivity contribution in [3.63, 3.8) is 0 Å². The molecule has 1 fully saturated rings. The van der Waals surface area contributed by atoms with E-state index < -0.39 is 8.96 Å². The zero-order valence-corrected chi connectivity index (χ0v) is 10.9. The van der Waals surface area contributed by atoms with E-state index in [4.69, 9.17) is 0 Å². The van der Waals surface area contributed by atoms with Gasteiger partial charge in [0.2, 0.25) is 0 Å². The summed E-state index contributed by atoms with van der Waals surface area (Å²) in [6, 6.07) is 3.12. The molecule has 0 N–H and O–H groups in total. The molecular formula is C8H21NSi2. The predicted molar refractivity (Wildman–Crippen MR) is 57.4 cm³/mol. The first-order chi connectivity index (χ1) is 5.02. The molecule has 1 heterocycles. The van der Waals surface area contributed by atoms with E-state index >= 15 is 0 Å². The summed E-state index contributed by atoms with van der Waals surface area (Å²) in [4.78, 5) is 0. The lowest BCUT2D eigenvalue weighted by Crippen LogP contribution is -2.53. The topological polar surface area (TPSA) is 3.24 Å². The smallest absolute Gasteiger partial charge is 0.101 e. The van der Waals surface area contributed by atoms with Gasteiger partial charge in [-0.1, -0.05) is 19.0 Å². The van der Waals surface area contributed by atoms with Crippen LogP contribution in [0.4, 0.5) is 0 Å². The molecular weight excluding hydrogens is 166 g/mol. The van der Waals surface area contributed by atoms with Crippen molar-refractivity contribution in [2.24, 2.45) is 0 Å². The molecule has 0 amide bonds. The summed E-state index contributed by atoms with van der Waals surface area (Å²) in [5.41, 5.74) is 0.498. The molecule has 1 rings (SSSR count).